The average molecular weight is 288 g/mol. The number of aliphatic hydroxyl groups is 1. The molecule has 1 heterocycles. The Kier molecular flexibility index (Phi) is 3.92. The Hall–Kier alpha value is -1.88. The van der Waals surface area contributed by atoms with Crippen molar-refractivity contribution >= 4 is 11.8 Å². The Labute approximate surface area is 123 Å². The number of nitrogens with one attached hydrogen (secondary N) is 1. The van der Waals surface area contributed by atoms with Crippen LogP contribution in [0.15, 0.2) is 24.3 Å². The molecule has 1 aliphatic heterocycles. The second kappa shape index (κ2) is 5.85. The van der Waals surface area contributed by atoms with Gasteiger partial charge in [0.15, 0.2) is 0 Å². The van der Waals surface area contributed by atoms with Gasteiger partial charge in [0.1, 0.15) is 6.54 Å². The summed E-state index contributed by atoms with van der Waals surface area (Å²) in [7, 11) is 0. The van der Waals surface area contributed by atoms with Crippen molar-refractivity contribution in [2.45, 2.75) is 37.8 Å². The molecule has 1 aromatic rings. The number of hydrogen-bond acceptors (Lipinski definition) is 3. The van der Waals surface area contributed by atoms with Gasteiger partial charge in [-0.25, -0.2) is 0 Å². The van der Waals surface area contributed by atoms with Crippen LogP contribution >= 0.6 is 0 Å². The molecule has 0 spiro atoms. The summed E-state index contributed by atoms with van der Waals surface area (Å²) in [5, 5.41) is 12.6. The SMILES string of the molecule is O=C(CN1C(=O)c2ccccc2C1CO)NC1CCCC1. The maximum Gasteiger partial charge on any atom is 0.255 e. The fourth-order valence-electron chi connectivity index (χ4n) is 3.32. The van der Waals surface area contributed by atoms with Gasteiger partial charge in [0.2, 0.25) is 5.91 Å². The molecule has 1 saturated carbocycles. The van der Waals surface area contributed by atoms with E-state index in [1.807, 2.05) is 12.1 Å². The first kappa shape index (κ1) is 14.1. The fraction of sp³-hybridized carbons (Fsp3) is 0.500. The number of amides is 2. The minimum Gasteiger partial charge on any atom is -0.394 e. The highest BCUT2D eigenvalue weighted by molar-refractivity contribution is 6.01. The van der Waals surface area contributed by atoms with Crippen molar-refractivity contribution in [2.75, 3.05) is 13.2 Å². The number of carbonyl (C=O) groups is 2. The highest BCUT2D eigenvalue weighted by Gasteiger charge is 2.37. The molecule has 112 valence electrons. The van der Waals surface area contributed by atoms with E-state index in [-0.39, 0.29) is 31.0 Å². The van der Waals surface area contributed by atoms with Gasteiger partial charge in [-0.2, -0.15) is 0 Å². The lowest BCUT2D eigenvalue weighted by atomic mass is 10.1. The van der Waals surface area contributed by atoms with Crippen LogP contribution in [0.25, 0.3) is 0 Å². The maximum absolute atomic E-state index is 12.4. The van der Waals surface area contributed by atoms with Crippen molar-refractivity contribution in [3.63, 3.8) is 0 Å². The molecule has 0 radical (unpaired) electrons. The Morgan fingerprint density at radius 1 is 1.29 bits per heavy atom. The highest BCUT2D eigenvalue weighted by Crippen LogP contribution is 2.32. The number of hydrogen-bond donors (Lipinski definition) is 2. The lowest BCUT2D eigenvalue weighted by molar-refractivity contribution is -0.123. The van der Waals surface area contributed by atoms with Gasteiger partial charge in [-0.05, 0) is 24.5 Å². The van der Waals surface area contributed by atoms with Crippen LogP contribution in [0, 0.1) is 0 Å². The molecular weight excluding hydrogens is 268 g/mol. The summed E-state index contributed by atoms with van der Waals surface area (Å²) >= 11 is 0. The number of nitrogens with zero attached hydrogens (tertiary/aromatic N) is 1. The maximum atomic E-state index is 12.4. The van der Waals surface area contributed by atoms with Crippen LogP contribution in [0.5, 0.6) is 0 Å². The predicted octanol–water partition coefficient (Wildman–Crippen LogP) is 1.23. The molecule has 0 bridgehead atoms. The first-order valence-electron chi connectivity index (χ1n) is 7.51. The van der Waals surface area contributed by atoms with Crippen molar-refractivity contribution < 1.29 is 14.7 Å². The largest absolute Gasteiger partial charge is 0.394 e. The Bertz CT molecular complexity index is 552. The molecule has 1 aromatic carbocycles. The van der Waals surface area contributed by atoms with E-state index in [1.54, 1.807) is 12.1 Å². The van der Waals surface area contributed by atoms with Gasteiger partial charge < -0.3 is 15.3 Å². The molecule has 1 aliphatic carbocycles. The summed E-state index contributed by atoms with van der Waals surface area (Å²) in [4.78, 5) is 26.0. The van der Waals surface area contributed by atoms with Gasteiger partial charge in [-0.15, -0.1) is 0 Å². The van der Waals surface area contributed by atoms with Crippen LogP contribution in [0.1, 0.15) is 47.6 Å². The zero-order valence-electron chi connectivity index (χ0n) is 11.9. The molecule has 3 rings (SSSR count). The van der Waals surface area contributed by atoms with E-state index in [1.165, 1.54) is 4.90 Å². The number of fused-ring (bicyclic) bond motifs is 1. The zero-order chi connectivity index (χ0) is 14.8. The third-order valence-electron chi connectivity index (χ3n) is 4.39. The zero-order valence-corrected chi connectivity index (χ0v) is 11.9. The number of carbonyl (C=O) groups excluding carboxylic acids is 2. The van der Waals surface area contributed by atoms with Crippen LogP contribution in [0.4, 0.5) is 0 Å². The summed E-state index contributed by atoms with van der Waals surface area (Å²) in [6, 6.07) is 7.05. The Morgan fingerprint density at radius 2 is 2.00 bits per heavy atom. The monoisotopic (exact) mass is 288 g/mol. The van der Waals surface area contributed by atoms with Crippen LogP contribution in [-0.2, 0) is 4.79 Å². The van der Waals surface area contributed by atoms with E-state index >= 15 is 0 Å². The van der Waals surface area contributed by atoms with Gasteiger partial charge in [-0.3, -0.25) is 9.59 Å². The molecule has 2 N–H and O–H groups in total. The van der Waals surface area contributed by atoms with Crippen molar-refractivity contribution in [1.29, 1.82) is 0 Å². The molecule has 0 aromatic heterocycles. The quantitative estimate of drug-likeness (QED) is 0.875. The molecule has 0 saturated heterocycles. The summed E-state index contributed by atoms with van der Waals surface area (Å²) in [5.74, 6) is -0.312. The van der Waals surface area contributed by atoms with Gasteiger partial charge in [0.05, 0.1) is 12.6 Å². The second-order valence-electron chi connectivity index (χ2n) is 5.77. The van der Waals surface area contributed by atoms with E-state index in [4.69, 9.17) is 0 Å². The summed E-state index contributed by atoms with van der Waals surface area (Å²) in [5.41, 5.74) is 1.39. The number of rotatable bonds is 4. The third-order valence-corrected chi connectivity index (χ3v) is 4.39. The standard InChI is InChI=1S/C16H20N2O3/c19-10-14-12-7-3-4-8-13(12)16(21)18(14)9-15(20)17-11-5-1-2-6-11/h3-4,7-8,11,14,19H,1-2,5-6,9-10H2,(H,17,20). The smallest absolute Gasteiger partial charge is 0.255 e. The fourth-order valence-corrected chi connectivity index (χ4v) is 3.32. The van der Waals surface area contributed by atoms with Gasteiger partial charge in [-0.1, -0.05) is 31.0 Å². The molecule has 21 heavy (non-hydrogen) atoms. The topological polar surface area (TPSA) is 69.6 Å². The first-order valence-corrected chi connectivity index (χ1v) is 7.51. The van der Waals surface area contributed by atoms with Gasteiger partial charge in [0, 0.05) is 11.6 Å². The minimum absolute atomic E-state index is 0.00917. The molecule has 5 nitrogen and oxygen atoms in total. The highest BCUT2D eigenvalue weighted by atomic mass is 16.3. The first-order chi connectivity index (χ1) is 10.2. The van der Waals surface area contributed by atoms with E-state index in [2.05, 4.69) is 5.32 Å². The molecule has 2 aliphatic rings. The van der Waals surface area contributed by atoms with Crippen LogP contribution in [0.2, 0.25) is 0 Å². The number of benzene rings is 1. The Morgan fingerprint density at radius 3 is 2.71 bits per heavy atom. The third kappa shape index (κ3) is 2.65. The van der Waals surface area contributed by atoms with E-state index in [0.29, 0.717) is 5.56 Å². The lowest BCUT2D eigenvalue weighted by Gasteiger charge is -2.24. The molecular formula is C16H20N2O3. The lowest BCUT2D eigenvalue weighted by Crippen LogP contribution is -2.43. The van der Waals surface area contributed by atoms with Crippen LogP contribution < -0.4 is 5.32 Å². The normalized spacial score (nSPS) is 21.7. The Balaban J connectivity index is 1.70. The van der Waals surface area contributed by atoms with Crippen molar-refractivity contribution in [1.82, 2.24) is 10.2 Å². The van der Waals surface area contributed by atoms with Crippen molar-refractivity contribution in [3.8, 4) is 0 Å². The summed E-state index contributed by atoms with van der Waals surface area (Å²) < 4.78 is 0. The van der Waals surface area contributed by atoms with Crippen molar-refractivity contribution in [2.24, 2.45) is 0 Å². The predicted molar refractivity (Wildman–Crippen MR) is 77.7 cm³/mol. The van der Waals surface area contributed by atoms with Crippen molar-refractivity contribution in [3.05, 3.63) is 35.4 Å². The van der Waals surface area contributed by atoms with E-state index < -0.39 is 6.04 Å². The molecule has 5 heteroatoms. The summed E-state index contributed by atoms with van der Waals surface area (Å²) in [6.07, 6.45) is 4.34. The van der Waals surface area contributed by atoms with Gasteiger partial charge >= 0.3 is 0 Å². The van der Waals surface area contributed by atoms with E-state index in [0.717, 1.165) is 31.2 Å². The van der Waals surface area contributed by atoms with E-state index in [9.17, 15) is 14.7 Å². The second-order valence-corrected chi connectivity index (χ2v) is 5.77. The van der Waals surface area contributed by atoms with Crippen LogP contribution in [-0.4, -0.2) is 41.0 Å². The van der Waals surface area contributed by atoms with Gasteiger partial charge in [0.25, 0.3) is 5.91 Å². The molecule has 1 fully saturated rings. The minimum atomic E-state index is -0.414. The molecule has 2 amide bonds. The molecule has 1 atom stereocenters. The van der Waals surface area contributed by atoms with Crippen LogP contribution in [0.3, 0.4) is 0 Å². The average Bonchev–Trinajstić information content (AvgIpc) is 3.07. The number of aliphatic hydroxyl groups excluding tert-OH is 1. The summed E-state index contributed by atoms with van der Waals surface area (Å²) in [6.45, 7) is -0.158. The molecule has 1 unspecified atom stereocenters.